The van der Waals surface area contributed by atoms with Crippen LogP contribution in [0.25, 0.3) is 28.5 Å². The van der Waals surface area contributed by atoms with E-state index in [9.17, 15) is 18.0 Å². The minimum atomic E-state index is -4.38. The maximum Gasteiger partial charge on any atom is 0.416 e. The van der Waals surface area contributed by atoms with Crippen LogP contribution >= 0.6 is 0 Å². The highest BCUT2D eigenvalue weighted by molar-refractivity contribution is 5.90. The smallest absolute Gasteiger partial charge is 0.323 e. The summed E-state index contributed by atoms with van der Waals surface area (Å²) >= 11 is 0. The molecule has 4 aromatic rings. The van der Waals surface area contributed by atoms with E-state index in [2.05, 4.69) is 10.3 Å². The van der Waals surface area contributed by atoms with E-state index in [4.69, 9.17) is 5.21 Å². The Morgan fingerprint density at radius 2 is 1.71 bits per heavy atom. The lowest BCUT2D eigenvalue weighted by Gasteiger charge is -2.12. The maximum atomic E-state index is 13.0. The van der Waals surface area contributed by atoms with Gasteiger partial charge in [0.25, 0.3) is 5.91 Å². The number of imidazole rings is 1. The molecule has 0 radical (unpaired) electrons. The quantitative estimate of drug-likeness (QED) is 0.143. The first-order valence-corrected chi connectivity index (χ1v) is 10.9. The fraction of sp³-hybridized carbons (Fsp3) is 0.154. The van der Waals surface area contributed by atoms with Crippen molar-refractivity contribution in [2.24, 2.45) is 0 Å². The Hall–Kier alpha value is -3.95. The molecule has 6 nitrogen and oxygen atoms in total. The molecule has 1 amide bonds. The molecule has 4 rings (SSSR count). The molecule has 0 aliphatic carbocycles. The van der Waals surface area contributed by atoms with E-state index >= 15 is 0 Å². The summed E-state index contributed by atoms with van der Waals surface area (Å²) in [5, 5.41) is 11.9. The summed E-state index contributed by atoms with van der Waals surface area (Å²) in [6.45, 7) is 1.81. The number of halogens is 3. The predicted molar refractivity (Wildman–Crippen MR) is 127 cm³/mol. The lowest BCUT2D eigenvalue weighted by molar-refractivity contribution is -0.137. The number of hydroxylamine groups is 1. The largest absolute Gasteiger partial charge is 0.416 e. The van der Waals surface area contributed by atoms with Crippen molar-refractivity contribution in [1.29, 1.82) is 0 Å². The van der Waals surface area contributed by atoms with Gasteiger partial charge in [-0.2, -0.15) is 13.2 Å². The number of nitrogens with one attached hydrogen (secondary N) is 2. The number of aromatic nitrogens is 2. The molecule has 1 aromatic heterocycles. The van der Waals surface area contributed by atoms with Gasteiger partial charge in [0.1, 0.15) is 5.82 Å². The number of amides is 1. The molecule has 0 aliphatic heterocycles. The monoisotopic (exact) mass is 480 g/mol. The summed E-state index contributed by atoms with van der Waals surface area (Å²) in [4.78, 5) is 15.7. The molecule has 0 bridgehead atoms. The molecule has 0 saturated heterocycles. The minimum Gasteiger partial charge on any atom is -0.323 e. The van der Waals surface area contributed by atoms with Crippen molar-refractivity contribution < 1.29 is 23.2 Å². The van der Waals surface area contributed by atoms with Gasteiger partial charge in [-0.25, -0.2) is 10.5 Å². The SMILES string of the molecule is O=C(/C=C/c1ccc(CNCCn2c(-c3ccc(C(F)(F)F)cc3)nc3ccccc32)cc1)NO. The van der Waals surface area contributed by atoms with E-state index in [1.54, 1.807) is 6.08 Å². The summed E-state index contributed by atoms with van der Waals surface area (Å²) in [6.07, 6.45) is -1.56. The summed E-state index contributed by atoms with van der Waals surface area (Å²) < 4.78 is 40.9. The number of alkyl halides is 3. The van der Waals surface area contributed by atoms with Crippen LogP contribution in [0.15, 0.2) is 78.9 Å². The van der Waals surface area contributed by atoms with Gasteiger partial charge in [-0.15, -0.1) is 0 Å². The topological polar surface area (TPSA) is 79.2 Å². The van der Waals surface area contributed by atoms with Crippen LogP contribution in [0.5, 0.6) is 0 Å². The number of rotatable bonds is 8. The normalized spacial score (nSPS) is 11.9. The third-order valence-corrected chi connectivity index (χ3v) is 5.48. The van der Waals surface area contributed by atoms with Crippen molar-refractivity contribution in [3.8, 4) is 11.4 Å². The molecule has 3 N–H and O–H groups in total. The van der Waals surface area contributed by atoms with Gasteiger partial charge in [-0.1, -0.05) is 48.5 Å². The van der Waals surface area contributed by atoms with Crippen molar-refractivity contribution in [3.05, 3.63) is 95.6 Å². The van der Waals surface area contributed by atoms with Gasteiger partial charge in [-0.3, -0.25) is 10.0 Å². The highest BCUT2D eigenvalue weighted by Gasteiger charge is 2.30. The van der Waals surface area contributed by atoms with E-state index in [0.29, 0.717) is 31.0 Å². The van der Waals surface area contributed by atoms with Gasteiger partial charge in [0.2, 0.25) is 0 Å². The molecule has 1 heterocycles. The Morgan fingerprint density at radius 1 is 1.00 bits per heavy atom. The Balaban J connectivity index is 1.44. The molecule has 0 spiro atoms. The van der Waals surface area contributed by atoms with Gasteiger partial charge in [0.05, 0.1) is 16.6 Å². The number of benzene rings is 3. The summed E-state index contributed by atoms with van der Waals surface area (Å²) in [6, 6.07) is 20.3. The van der Waals surface area contributed by atoms with Crippen LogP contribution in [0.4, 0.5) is 13.2 Å². The third kappa shape index (κ3) is 5.95. The summed E-state index contributed by atoms with van der Waals surface area (Å²) in [7, 11) is 0. The summed E-state index contributed by atoms with van der Waals surface area (Å²) in [5.41, 5.74) is 5.03. The lowest BCUT2D eigenvalue weighted by atomic mass is 10.1. The first-order valence-electron chi connectivity index (χ1n) is 10.9. The molecule has 9 heteroatoms. The van der Waals surface area contributed by atoms with Crippen LogP contribution in [0, 0.1) is 0 Å². The molecule has 0 aliphatic rings. The fourth-order valence-corrected chi connectivity index (χ4v) is 3.71. The molecule has 0 saturated carbocycles. The number of nitrogens with zero attached hydrogens (tertiary/aromatic N) is 2. The van der Waals surface area contributed by atoms with Gasteiger partial charge >= 0.3 is 6.18 Å². The first-order chi connectivity index (χ1) is 16.8. The molecule has 3 aromatic carbocycles. The Bertz CT molecular complexity index is 1330. The standard InChI is InChI=1S/C26H23F3N4O2/c27-26(28,29)21-12-10-20(11-13-21)25-31-22-3-1-2-4-23(22)33(25)16-15-30-17-19-7-5-18(6-8-19)9-14-24(34)32-35/h1-14,30,35H,15-17H2,(H,32,34)/b14-9+. The number of carbonyl (C=O) groups excluding carboxylic acids is 1. The van der Waals surface area contributed by atoms with Crippen LogP contribution in [-0.4, -0.2) is 27.2 Å². The number of para-hydroxylation sites is 2. The predicted octanol–water partition coefficient (Wildman–Crippen LogP) is 5.03. The molecule has 180 valence electrons. The van der Waals surface area contributed by atoms with Gasteiger partial charge in [0, 0.05) is 31.3 Å². The Morgan fingerprint density at radius 3 is 2.40 bits per heavy atom. The second kappa shape index (κ2) is 10.5. The highest BCUT2D eigenvalue weighted by atomic mass is 19.4. The summed E-state index contributed by atoms with van der Waals surface area (Å²) in [5.74, 6) is 0.0169. The van der Waals surface area contributed by atoms with Crippen molar-refractivity contribution in [1.82, 2.24) is 20.3 Å². The minimum absolute atomic E-state index is 0.577. The van der Waals surface area contributed by atoms with Crippen LogP contribution in [0.1, 0.15) is 16.7 Å². The van der Waals surface area contributed by atoms with Gasteiger partial charge < -0.3 is 9.88 Å². The second-order valence-electron chi connectivity index (χ2n) is 7.88. The highest BCUT2D eigenvalue weighted by Crippen LogP contribution is 2.31. The maximum absolute atomic E-state index is 13.0. The van der Waals surface area contributed by atoms with Crippen LogP contribution in [-0.2, 0) is 24.1 Å². The van der Waals surface area contributed by atoms with Gasteiger partial charge in [0.15, 0.2) is 0 Å². The molecule has 0 unspecified atom stereocenters. The van der Waals surface area contributed by atoms with Gasteiger partial charge in [-0.05, 0) is 41.5 Å². The van der Waals surface area contributed by atoms with E-state index < -0.39 is 17.6 Å². The van der Waals surface area contributed by atoms with E-state index in [0.717, 1.165) is 34.3 Å². The van der Waals surface area contributed by atoms with E-state index in [1.165, 1.54) is 23.7 Å². The molecule has 35 heavy (non-hydrogen) atoms. The zero-order valence-corrected chi connectivity index (χ0v) is 18.6. The molecular formula is C26H23F3N4O2. The van der Waals surface area contributed by atoms with Crippen molar-refractivity contribution in [3.63, 3.8) is 0 Å². The van der Waals surface area contributed by atoms with Crippen molar-refractivity contribution in [2.75, 3.05) is 6.54 Å². The zero-order valence-electron chi connectivity index (χ0n) is 18.6. The van der Waals surface area contributed by atoms with Crippen LogP contribution < -0.4 is 10.8 Å². The zero-order chi connectivity index (χ0) is 24.8. The van der Waals surface area contributed by atoms with E-state index in [-0.39, 0.29) is 0 Å². The van der Waals surface area contributed by atoms with E-state index in [1.807, 2.05) is 53.1 Å². The second-order valence-corrected chi connectivity index (χ2v) is 7.88. The number of carbonyl (C=O) groups is 1. The molecular weight excluding hydrogens is 457 g/mol. The van der Waals surface area contributed by atoms with Crippen LogP contribution in [0.3, 0.4) is 0 Å². The average Bonchev–Trinajstić information content (AvgIpc) is 3.24. The first kappa shape index (κ1) is 24.2. The third-order valence-electron chi connectivity index (χ3n) is 5.48. The Labute approximate surface area is 199 Å². The van der Waals surface area contributed by atoms with Crippen LogP contribution in [0.2, 0.25) is 0 Å². The van der Waals surface area contributed by atoms with Crippen molar-refractivity contribution >= 4 is 23.0 Å². The fourth-order valence-electron chi connectivity index (χ4n) is 3.71. The lowest BCUT2D eigenvalue weighted by Crippen LogP contribution is -2.20. The van der Waals surface area contributed by atoms with Crippen molar-refractivity contribution in [2.45, 2.75) is 19.3 Å². The molecule has 0 atom stereocenters. The average molecular weight is 480 g/mol. The Kier molecular flexibility index (Phi) is 7.28. The number of hydrogen-bond donors (Lipinski definition) is 3. The number of hydrogen-bond acceptors (Lipinski definition) is 4. The number of fused-ring (bicyclic) bond motifs is 1. The molecule has 0 fully saturated rings.